The zero-order valence-electron chi connectivity index (χ0n) is 15.8. The van der Waals surface area contributed by atoms with Crippen LogP contribution in [0.5, 0.6) is 0 Å². The molecule has 4 heterocycles. The van der Waals surface area contributed by atoms with Crippen LogP contribution in [0.1, 0.15) is 41.4 Å². The molecule has 3 aromatic rings. The predicted octanol–water partition coefficient (Wildman–Crippen LogP) is 2.09. The molecule has 1 aliphatic heterocycles. The van der Waals surface area contributed by atoms with E-state index in [1.54, 1.807) is 6.07 Å². The molecule has 1 amide bonds. The summed E-state index contributed by atoms with van der Waals surface area (Å²) in [6.45, 7) is 1.56. The lowest BCUT2D eigenvalue weighted by atomic mass is 10.2. The van der Waals surface area contributed by atoms with Gasteiger partial charge in [-0.25, -0.2) is 9.97 Å². The van der Waals surface area contributed by atoms with E-state index in [0.717, 1.165) is 42.5 Å². The number of hydrogen-bond donors (Lipinski definition) is 2. The van der Waals surface area contributed by atoms with Gasteiger partial charge >= 0.3 is 0 Å². The number of hydrogen-bond acceptors (Lipinski definition) is 5. The highest BCUT2D eigenvalue weighted by Crippen LogP contribution is 2.39. The van der Waals surface area contributed by atoms with Crippen LogP contribution in [0.15, 0.2) is 36.7 Å². The van der Waals surface area contributed by atoms with Gasteiger partial charge in [-0.15, -0.1) is 0 Å². The number of H-pyrrole nitrogens is 1. The number of rotatable bonds is 5. The van der Waals surface area contributed by atoms with Crippen molar-refractivity contribution in [3.63, 3.8) is 0 Å². The van der Waals surface area contributed by atoms with E-state index in [2.05, 4.69) is 25.4 Å². The van der Waals surface area contributed by atoms with E-state index in [0.29, 0.717) is 11.6 Å². The number of aromatic nitrogens is 5. The van der Waals surface area contributed by atoms with Crippen molar-refractivity contribution in [1.82, 2.24) is 30.0 Å². The van der Waals surface area contributed by atoms with Gasteiger partial charge in [0.2, 0.25) is 5.95 Å². The molecule has 2 aliphatic rings. The maximum absolute atomic E-state index is 12.6. The summed E-state index contributed by atoms with van der Waals surface area (Å²) in [6, 6.07) is 7.81. The molecule has 144 valence electrons. The average molecular weight is 377 g/mol. The first-order valence-corrected chi connectivity index (χ1v) is 9.73. The summed E-state index contributed by atoms with van der Waals surface area (Å²) in [5.74, 6) is 1.25. The number of nitrogens with one attached hydrogen (secondary N) is 2. The Hall–Kier alpha value is -3.16. The van der Waals surface area contributed by atoms with E-state index in [-0.39, 0.29) is 11.9 Å². The zero-order valence-corrected chi connectivity index (χ0v) is 15.8. The molecule has 0 aromatic carbocycles. The van der Waals surface area contributed by atoms with Crippen LogP contribution < -0.4 is 10.2 Å². The number of carbonyl (C=O) groups is 1. The molecule has 1 saturated heterocycles. The first-order valence-electron chi connectivity index (χ1n) is 9.73. The molecular formula is C20H23N7O. The predicted molar refractivity (Wildman–Crippen MR) is 105 cm³/mol. The average Bonchev–Trinajstić information content (AvgIpc) is 3.06. The van der Waals surface area contributed by atoms with Crippen LogP contribution in [-0.4, -0.2) is 49.8 Å². The van der Waals surface area contributed by atoms with Gasteiger partial charge in [-0.2, -0.15) is 5.10 Å². The van der Waals surface area contributed by atoms with Crippen molar-refractivity contribution >= 4 is 11.9 Å². The Balaban J connectivity index is 1.22. The SMILES string of the molecule is Cn1cccc1-c1cc(C(=O)NC2CCN(c3nccc(C4CC4)n3)C2)[nH]n1. The normalized spacial score (nSPS) is 19.2. The van der Waals surface area contributed by atoms with Gasteiger partial charge < -0.3 is 14.8 Å². The first-order chi connectivity index (χ1) is 13.7. The fourth-order valence-electron chi connectivity index (χ4n) is 3.74. The topological polar surface area (TPSA) is 91.7 Å². The molecule has 3 aromatic heterocycles. The summed E-state index contributed by atoms with van der Waals surface area (Å²) in [5, 5.41) is 10.2. The van der Waals surface area contributed by atoms with Crippen molar-refractivity contribution in [2.45, 2.75) is 31.2 Å². The molecule has 1 atom stereocenters. The molecule has 1 aliphatic carbocycles. The fraction of sp³-hybridized carbons (Fsp3) is 0.400. The Morgan fingerprint density at radius 2 is 2.18 bits per heavy atom. The van der Waals surface area contributed by atoms with E-state index in [4.69, 9.17) is 4.98 Å². The van der Waals surface area contributed by atoms with Crippen molar-refractivity contribution in [2.24, 2.45) is 7.05 Å². The Morgan fingerprint density at radius 1 is 1.29 bits per heavy atom. The summed E-state index contributed by atoms with van der Waals surface area (Å²) < 4.78 is 1.97. The van der Waals surface area contributed by atoms with E-state index in [9.17, 15) is 4.79 Å². The van der Waals surface area contributed by atoms with Gasteiger partial charge in [0, 0.05) is 50.2 Å². The van der Waals surface area contributed by atoms with Crippen LogP contribution in [0.4, 0.5) is 5.95 Å². The van der Waals surface area contributed by atoms with Gasteiger partial charge in [0.05, 0.1) is 5.69 Å². The molecule has 1 unspecified atom stereocenters. The molecule has 0 spiro atoms. The summed E-state index contributed by atoms with van der Waals surface area (Å²) in [4.78, 5) is 23.9. The molecule has 0 bridgehead atoms. The highest BCUT2D eigenvalue weighted by atomic mass is 16.2. The zero-order chi connectivity index (χ0) is 19.1. The van der Waals surface area contributed by atoms with Crippen LogP contribution in [0.25, 0.3) is 11.4 Å². The number of anilines is 1. The summed E-state index contributed by atoms with van der Waals surface area (Å²) in [7, 11) is 1.96. The minimum Gasteiger partial charge on any atom is -0.349 e. The minimum absolute atomic E-state index is 0.0717. The van der Waals surface area contributed by atoms with Crippen molar-refractivity contribution in [3.8, 4) is 11.4 Å². The van der Waals surface area contributed by atoms with Crippen LogP contribution in [0.2, 0.25) is 0 Å². The number of aromatic amines is 1. The van der Waals surface area contributed by atoms with E-state index in [1.165, 1.54) is 12.8 Å². The molecule has 8 heteroatoms. The number of amides is 1. The van der Waals surface area contributed by atoms with E-state index >= 15 is 0 Å². The first kappa shape index (κ1) is 17.0. The van der Waals surface area contributed by atoms with E-state index in [1.807, 2.05) is 42.2 Å². The molecule has 2 N–H and O–H groups in total. The smallest absolute Gasteiger partial charge is 0.269 e. The lowest BCUT2D eigenvalue weighted by Crippen LogP contribution is -2.37. The standard InChI is InChI=1S/C20H23N7O/c1-26-9-2-3-18(26)16-11-17(25-24-16)19(28)22-14-7-10-27(12-14)20-21-8-6-15(23-20)13-4-5-13/h2-3,6,8-9,11,13-14H,4-5,7,10,12H2,1H3,(H,22,28)(H,24,25). The van der Waals surface area contributed by atoms with Gasteiger partial charge in [0.25, 0.3) is 5.91 Å². The fourth-order valence-corrected chi connectivity index (χ4v) is 3.74. The largest absolute Gasteiger partial charge is 0.349 e. The second-order valence-corrected chi connectivity index (χ2v) is 7.63. The van der Waals surface area contributed by atoms with Crippen LogP contribution in [0, 0.1) is 0 Å². The van der Waals surface area contributed by atoms with Crippen molar-refractivity contribution in [2.75, 3.05) is 18.0 Å². The highest BCUT2D eigenvalue weighted by Gasteiger charge is 2.29. The van der Waals surface area contributed by atoms with Crippen LogP contribution in [-0.2, 0) is 7.05 Å². The molecule has 28 heavy (non-hydrogen) atoms. The van der Waals surface area contributed by atoms with Crippen LogP contribution in [0.3, 0.4) is 0 Å². The summed E-state index contributed by atoms with van der Waals surface area (Å²) in [6.07, 6.45) is 7.13. The summed E-state index contributed by atoms with van der Waals surface area (Å²) in [5.41, 5.74) is 3.34. The number of carbonyl (C=O) groups excluding carboxylic acids is 1. The van der Waals surface area contributed by atoms with Gasteiger partial charge in [-0.3, -0.25) is 9.89 Å². The second kappa shape index (κ2) is 6.78. The van der Waals surface area contributed by atoms with Crippen molar-refractivity contribution in [3.05, 3.63) is 48.0 Å². The molecule has 1 saturated carbocycles. The molecular weight excluding hydrogens is 354 g/mol. The maximum Gasteiger partial charge on any atom is 0.269 e. The van der Waals surface area contributed by atoms with E-state index < -0.39 is 0 Å². The lowest BCUT2D eigenvalue weighted by Gasteiger charge is -2.17. The third kappa shape index (κ3) is 3.26. The maximum atomic E-state index is 12.6. The highest BCUT2D eigenvalue weighted by molar-refractivity contribution is 5.93. The van der Waals surface area contributed by atoms with Gasteiger partial charge in [0.15, 0.2) is 0 Å². The lowest BCUT2D eigenvalue weighted by molar-refractivity contribution is 0.0935. The third-order valence-corrected chi connectivity index (χ3v) is 5.50. The summed E-state index contributed by atoms with van der Waals surface area (Å²) >= 11 is 0. The molecule has 8 nitrogen and oxygen atoms in total. The molecule has 5 rings (SSSR count). The Labute approximate surface area is 163 Å². The molecule has 0 radical (unpaired) electrons. The minimum atomic E-state index is -0.132. The van der Waals surface area contributed by atoms with Gasteiger partial charge in [-0.05, 0) is 43.5 Å². The van der Waals surface area contributed by atoms with Gasteiger partial charge in [-0.1, -0.05) is 0 Å². The van der Waals surface area contributed by atoms with Gasteiger partial charge in [0.1, 0.15) is 11.4 Å². The Morgan fingerprint density at radius 3 is 2.96 bits per heavy atom. The monoisotopic (exact) mass is 377 g/mol. The quantitative estimate of drug-likeness (QED) is 0.710. The van der Waals surface area contributed by atoms with Crippen molar-refractivity contribution in [1.29, 1.82) is 0 Å². The Bertz CT molecular complexity index is 1000. The second-order valence-electron chi connectivity index (χ2n) is 7.63. The number of nitrogens with zero attached hydrogens (tertiary/aromatic N) is 5. The molecule has 2 fully saturated rings. The van der Waals surface area contributed by atoms with Crippen LogP contribution >= 0.6 is 0 Å². The Kier molecular flexibility index (Phi) is 4.11. The third-order valence-electron chi connectivity index (χ3n) is 5.50. The van der Waals surface area contributed by atoms with Crippen molar-refractivity contribution < 1.29 is 4.79 Å². The number of aryl methyl sites for hydroxylation is 1.